The molecule has 0 unspecified atom stereocenters. The predicted molar refractivity (Wildman–Crippen MR) is 107 cm³/mol. The fourth-order valence-corrected chi connectivity index (χ4v) is 4.67. The van der Waals surface area contributed by atoms with E-state index in [0.29, 0.717) is 41.7 Å². The summed E-state index contributed by atoms with van der Waals surface area (Å²) in [6.45, 7) is 1.29. The van der Waals surface area contributed by atoms with Crippen LogP contribution in [0.25, 0.3) is 11.2 Å². The number of rotatable bonds is 4. The molecule has 3 atom stereocenters. The molecule has 0 radical (unpaired) electrons. The highest BCUT2D eigenvalue weighted by atomic mass is 19.4. The summed E-state index contributed by atoms with van der Waals surface area (Å²) in [5.74, 6) is 1.41. The number of imidazole rings is 1. The Kier molecular flexibility index (Phi) is 4.13. The third-order valence-electron chi connectivity index (χ3n) is 6.40. The lowest BCUT2D eigenvalue weighted by molar-refractivity contribution is -0.137. The second-order valence-electron chi connectivity index (χ2n) is 8.44. The van der Waals surface area contributed by atoms with E-state index in [2.05, 4.69) is 25.1 Å². The molecule has 0 bridgehead atoms. The summed E-state index contributed by atoms with van der Waals surface area (Å²) >= 11 is 0. The minimum atomic E-state index is -4.42. The first-order valence-electron chi connectivity index (χ1n) is 10.3. The van der Waals surface area contributed by atoms with Gasteiger partial charge in [0.15, 0.2) is 17.0 Å². The molecule has 0 aromatic carbocycles. The van der Waals surface area contributed by atoms with Crippen molar-refractivity contribution in [3.05, 3.63) is 58.7 Å². The zero-order valence-electron chi connectivity index (χ0n) is 17.3. The van der Waals surface area contributed by atoms with E-state index in [1.807, 2.05) is 4.90 Å². The van der Waals surface area contributed by atoms with Gasteiger partial charge in [0, 0.05) is 32.3 Å². The van der Waals surface area contributed by atoms with Crippen molar-refractivity contribution in [3.63, 3.8) is 0 Å². The highest BCUT2D eigenvalue weighted by molar-refractivity contribution is 5.68. The molecule has 4 aromatic rings. The first-order valence-corrected chi connectivity index (χ1v) is 10.3. The van der Waals surface area contributed by atoms with Crippen molar-refractivity contribution in [2.75, 3.05) is 18.0 Å². The summed E-state index contributed by atoms with van der Waals surface area (Å²) in [7, 11) is 1.72. The Bertz CT molecular complexity index is 1410. The van der Waals surface area contributed by atoms with Crippen LogP contribution in [0.4, 0.5) is 18.9 Å². The quantitative estimate of drug-likeness (QED) is 0.456. The number of piperidine rings is 1. The highest BCUT2D eigenvalue weighted by Crippen LogP contribution is 2.58. The fraction of sp³-hybridized carbons (Fsp3) is 0.400. The Morgan fingerprint density at radius 2 is 1.91 bits per heavy atom. The fourth-order valence-electron chi connectivity index (χ4n) is 4.67. The number of halogens is 3. The van der Waals surface area contributed by atoms with Crippen molar-refractivity contribution >= 4 is 16.9 Å². The Morgan fingerprint density at radius 3 is 2.67 bits per heavy atom. The van der Waals surface area contributed by atoms with Gasteiger partial charge < -0.3 is 14.0 Å². The number of hydrogen-bond donors (Lipinski definition) is 0. The van der Waals surface area contributed by atoms with Gasteiger partial charge in [0.2, 0.25) is 5.89 Å². The number of alkyl halides is 3. The van der Waals surface area contributed by atoms with Crippen molar-refractivity contribution in [2.45, 2.75) is 18.6 Å². The molecule has 0 N–H and O–H groups in total. The number of anilines is 1. The van der Waals surface area contributed by atoms with E-state index < -0.39 is 11.7 Å². The molecule has 10 nitrogen and oxygen atoms in total. The lowest BCUT2D eigenvalue weighted by Crippen LogP contribution is -2.24. The minimum absolute atomic E-state index is 0.0873. The van der Waals surface area contributed by atoms with E-state index in [1.54, 1.807) is 11.6 Å². The number of pyridine rings is 1. The molecule has 1 saturated heterocycles. The zero-order valence-corrected chi connectivity index (χ0v) is 17.3. The summed E-state index contributed by atoms with van der Waals surface area (Å²) in [5, 5.41) is 4.08. The monoisotopic (exact) mass is 458 g/mol. The topological polar surface area (TPSA) is 108 Å². The molecule has 2 aliphatic rings. The zero-order chi connectivity index (χ0) is 22.9. The van der Waals surface area contributed by atoms with E-state index >= 15 is 0 Å². The van der Waals surface area contributed by atoms with Gasteiger partial charge in [-0.05, 0) is 17.9 Å². The standard InChI is InChI=1S/C20H17F3N8O2/c1-29-8-25-18-16(29)19(32)31(9-26-18)7-14-27-17(28-33-14)15-12-5-30(6-13(12)15)11-2-10(3-24-4-11)20(21,22)23/h2-4,8-9,12-13,15H,5-7H2,1H3/t12-,13+,15-. The molecular weight excluding hydrogens is 441 g/mol. The van der Waals surface area contributed by atoms with Crippen molar-refractivity contribution in [1.82, 2.24) is 34.2 Å². The van der Waals surface area contributed by atoms with Crippen LogP contribution >= 0.6 is 0 Å². The van der Waals surface area contributed by atoms with Gasteiger partial charge >= 0.3 is 6.18 Å². The molecule has 170 valence electrons. The molecule has 1 aliphatic heterocycles. The van der Waals surface area contributed by atoms with Gasteiger partial charge in [-0.1, -0.05) is 5.16 Å². The Hall–Kier alpha value is -3.77. The molecule has 13 heteroatoms. The first kappa shape index (κ1) is 19.9. The van der Waals surface area contributed by atoms with Crippen LogP contribution in [0.15, 0.2) is 40.4 Å². The van der Waals surface area contributed by atoms with Crippen LogP contribution in [-0.2, 0) is 19.8 Å². The molecule has 33 heavy (non-hydrogen) atoms. The highest BCUT2D eigenvalue weighted by Gasteiger charge is 2.58. The van der Waals surface area contributed by atoms with Crippen molar-refractivity contribution in [2.24, 2.45) is 18.9 Å². The van der Waals surface area contributed by atoms with Crippen LogP contribution in [0.5, 0.6) is 0 Å². The average Bonchev–Trinajstić information content (AvgIpc) is 3.20. The Balaban J connectivity index is 1.15. The normalized spacial score (nSPS) is 22.2. The van der Waals surface area contributed by atoms with E-state index in [-0.39, 0.29) is 29.9 Å². The maximum absolute atomic E-state index is 13.0. The Morgan fingerprint density at radius 1 is 1.15 bits per heavy atom. The van der Waals surface area contributed by atoms with E-state index in [0.717, 1.165) is 12.3 Å². The smallest absolute Gasteiger partial charge is 0.370 e. The van der Waals surface area contributed by atoms with Crippen molar-refractivity contribution in [3.8, 4) is 0 Å². The SMILES string of the molecule is Cn1cnc2ncn(Cc3nc([C@@H]4[C@@H]5CN(c6cncc(C(F)(F)F)c6)C[C@@H]54)no3)c(=O)c21. The lowest BCUT2D eigenvalue weighted by Gasteiger charge is -2.22. The molecule has 1 saturated carbocycles. The summed E-state index contributed by atoms with van der Waals surface area (Å²) in [4.78, 5) is 31.0. The van der Waals surface area contributed by atoms with E-state index in [1.165, 1.54) is 23.4 Å². The molecular formula is C20H17F3N8O2. The van der Waals surface area contributed by atoms with Crippen LogP contribution < -0.4 is 10.5 Å². The summed E-state index contributed by atoms with van der Waals surface area (Å²) in [5.41, 5.74) is 0.207. The first-order chi connectivity index (χ1) is 15.8. The Labute approximate surface area is 183 Å². The molecule has 6 rings (SSSR count). The molecule has 2 fully saturated rings. The van der Waals surface area contributed by atoms with Crippen molar-refractivity contribution in [1.29, 1.82) is 0 Å². The van der Waals surface area contributed by atoms with E-state index in [9.17, 15) is 18.0 Å². The van der Waals surface area contributed by atoms with Gasteiger partial charge in [0.1, 0.15) is 12.9 Å². The maximum atomic E-state index is 13.0. The van der Waals surface area contributed by atoms with Crippen molar-refractivity contribution < 1.29 is 17.7 Å². The molecule has 5 heterocycles. The van der Waals surface area contributed by atoms with Gasteiger partial charge in [0.05, 0.1) is 23.8 Å². The molecule has 1 aliphatic carbocycles. The largest absolute Gasteiger partial charge is 0.417 e. The maximum Gasteiger partial charge on any atom is 0.417 e. The second-order valence-corrected chi connectivity index (χ2v) is 8.44. The summed E-state index contributed by atoms with van der Waals surface area (Å²) in [6, 6.07) is 1.13. The molecule has 4 aromatic heterocycles. The third kappa shape index (κ3) is 3.26. The van der Waals surface area contributed by atoms with Crippen LogP contribution in [0, 0.1) is 11.8 Å². The predicted octanol–water partition coefficient (Wildman–Crippen LogP) is 1.82. The van der Waals surface area contributed by atoms with Gasteiger partial charge in [-0.3, -0.25) is 14.3 Å². The number of aryl methyl sites for hydroxylation is 1. The molecule has 0 amide bonds. The number of nitrogens with zero attached hydrogens (tertiary/aromatic N) is 8. The number of aromatic nitrogens is 7. The summed E-state index contributed by atoms with van der Waals surface area (Å²) < 4.78 is 47.3. The van der Waals surface area contributed by atoms with Gasteiger partial charge in [0.25, 0.3) is 5.56 Å². The minimum Gasteiger partial charge on any atom is -0.370 e. The van der Waals surface area contributed by atoms with Crippen LogP contribution in [0.2, 0.25) is 0 Å². The van der Waals surface area contributed by atoms with Crippen LogP contribution in [0.1, 0.15) is 23.2 Å². The van der Waals surface area contributed by atoms with Gasteiger partial charge in [-0.25, -0.2) is 9.97 Å². The van der Waals surface area contributed by atoms with Gasteiger partial charge in [-0.15, -0.1) is 0 Å². The van der Waals surface area contributed by atoms with Crippen LogP contribution in [0.3, 0.4) is 0 Å². The number of hydrogen-bond acceptors (Lipinski definition) is 8. The average molecular weight is 458 g/mol. The van der Waals surface area contributed by atoms with E-state index in [4.69, 9.17) is 4.52 Å². The second kappa shape index (κ2) is 6.86. The third-order valence-corrected chi connectivity index (χ3v) is 6.40. The van der Waals surface area contributed by atoms with Crippen LogP contribution in [-0.4, -0.2) is 47.3 Å². The molecule has 0 spiro atoms. The van der Waals surface area contributed by atoms with Gasteiger partial charge in [-0.2, -0.15) is 18.2 Å². The summed E-state index contributed by atoms with van der Waals surface area (Å²) in [6.07, 6.45) is 0.782. The number of fused-ring (bicyclic) bond motifs is 2. The lowest BCUT2D eigenvalue weighted by atomic mass is 10.2.